The number of benzene rings is 2. The molecule has 3 rings (SSSR count). The van der Waals surface area contributed by atoms with Gasteiger partial charge in [-0.2, -0.15) is 0 Å². The monoisotopic (exact) mass is 322 g/mol. The molecule has 0 aliphatic carbocycles. The fourth-order valence-electron chi connectivity index (χ4n) is 2.21. The lowest BCUT2D eigenvalue weighted by atomic mass is 10.2. The van der Waals surface area contributed by atoms with Crippen molar-refractivity contribution >= 4 is 11.7 Å². The van der Waals surface area contributed by atoms with Gasteiger partial charge in [-0.25, -0.2) is 4.79 Å². The molecule has 0 bridgehead atoms. The Bertz CT molecular complexity index is 813. The van der Waals surface area contributed by atoms with E-state index < -0.39 is 0 Å². The molecule has 3 aromatic rings. The van der Waals surface area contributed by atoms with Crippen LogP contribution in [0, 0.1) is 6.92 Å². The third-order valence-electron chi connectivity index (χ3n) is 3.39. The lowest BCUT2D eigenvalue weighted by molar-refractivity contribution is 0.251. The second-order valence-corrected chi connectivity index (χ2v) is 5.35. The first-order chi connectivity index (χ1) is 11.7. The van der Waals surface area contributed by atoms with Gasteiger partial charge >= 0.3 is 6.03 Å². The van der Waals surface area contributed by atoms with E-state index >= 15 is 0 Å². The number of furan rings is 1. The number of carbonyl (C=O) groups is 1. The molecule has 0 radical (unpaired) electrons. The number of amides is 2. The molecule has 0 aliphatic heterocycles. The summed E-state index contributed by atoms with van der Waals surface area (Å²) in [6.45, 7) is 2.39. The largest absolute Gasteiger partial charge is 0.472 e. The van der Waals surface area contributed by atoms with Crippen molar-refractivity contribution in [2.45, 2.75) is 13.5 Å². The molecule has 1 aromatic heterocycles. The minimum atomic E-state index is -0.309. The molecule has 0 saturated heterocycles. The number of rotatable bonds is 5. The van der Waals surface area contributed by atoms with Crippen molar-refractivity contribution in [3.63, 3.8) is 0 Å². The predicted octanol–water partition coefficient (Wildman–Crippen LogP) is 4.70. The van der Waals surface area contributed by atoms with Gasteiger partial charge in [-0.3, -0.25) is 0 Å². The first kappa shape index (κ1) is 15.7. The van der Waals surface area contributed by atoms with E-state index in [9.17, 15) is 4.79 Å². The number of ether oxygens (including phenoxy) is 1. The highest BCUT2D eigenvalue weighted by molar-refractivity contribution is 5.90. The maximum atomic E-state index is 12.1. The summed E-state index contributed by atoms with van der Waals surface area (Å²) in [6, 6.07) is 16.5. The first-order valence-corrected chi connectivity index (χ1v) is 7.60. The van der Waals surface area contributed by atoms with Crippen molar-refractivity contribution < 1.29 is 13.9 Å². The van der Waals surface area contributed by atoms with Crippen LogP contribution in [0.4, 0.5) is 10.5 Å². The fourth-order valence-corrected chi connectivity index (χ4v) is 2.21. The van der Waals surface area contributed by atoms with Gasteiger partial charge in [0.2, 0.25) is 0 Å². The van der Waals surface area contributed by atoms with E-state index in [1.54, 1.807) is 24.7 Å². The van der Waals surface area contributed by atoms with Crippen LogP contribution < -0.4 is 15.4 Å². The Morgan fingerprint density at radius 2 is 2.00 bits per heavy atom. The Labute approximate surface area is 140 Å². The van der Waals surface area contributed by atoms with Crippen molar-refractivity contribution in [2.24, 2.45) is 0 Å². The molecule has 0 saturated carbocycles. The molecule has 2 aromatic carbocycles. The second-order valence-electron chi connectivity index (χ2n) is 5.35. The number of carbonyl (C=O) groups excluding carboxylic acids is 1. The highest BCUT2D eigenvalue weighted by Gasteiger charge is 2.08. The van der Waals surface area contributed by atoms with E-state index in [2.05, 4.69) is 10.6 Å². The zero-order chi connectivity index (χ0) is 16.8. The van der Waals surface area contributed by atoms with Crippen molar-refractivity contribution in [2.75, 3.05) is 5.32 Å². The summed E-state index contributed by atoms with van der Waals surface area (Å²) in [5.41, 5.74) is 2.61. The summed E-state index contributed by atoms with van der Waals surface area (Å²) >= 11 is 0. The van der Waals surface area contributed by atoms with Crippen LogP contribution in [0.1, 0.15) is 11.1 Å². The van der Waals surface area contributed by atoms with Gasteiger partial charge in [-0.05, 0) is 42.8 Å². The molecule has 0 unspecified atom stereocenters. The number of urea groups is 1. The topological polar surface area (TPSA) is 63.5 Å². The van der Waals surface area contributed by atoms with Crippen LogP contribution in [0.25, 0.3) is 0 Å². The second kappa shape index (κ2) is 7.37. The SMILES string of the molecule is Cc1cccc(Oc2ccccc2NC(=O)NCc2ccoc2)c1. The quantitative estimate of drug-likeness (QED) is 0.715. The van der Waals surface area contributed by atoms with Crippen LogP contribution in [-0.2, 0) is 6.54 Å². The van der Waals surface area contributed by atoms with Gasteiger partial charge in [-0.1, -0.05) is 24.3 Å². The average molecular weight is 322 g/mol. The van der Waals surface area contributed by atoms with Crippen LogP contribution in [0.3, 0.4) is 0 Å². The maximum Gasteiger partial charge on any atom is 0.319 e. The third kappa shape index (κ3) is 4.16. The van der Waals surface area contributed by atoms with Crippen molar-refractivity contribution in [1.82, 2.24) is 5.32 Å². The number of nitrogens with one attached hydrogen (secondary N) is 2. The van der Waals surface area contributed by atoms with E-state index in [0.717, 1.165) is 16.9 Å². The zero-order valence-corrected chi connectivity index (χ0v) is 13.3. The van der Waals surface area contributed by atoms with E-state index in [-0.39, 0.29) is 6.03 Å². The molecule has 2 amide bonds. The molecule has 0 spiro atoms. The molecule has 122 valence electrons. The number of anilines is 1. The average Bonchev–Trinajstić information content (AvgIpc) is 3.08. The maximum absolute atomic E-state index is 12.1. The van der Waals surface area contributed by atoms with Gasteiger partial charge in [-0.15, -0.1) is 0 Å². The molecular weight excluding hydrogens is 304 g/mol. The summed E-state index contributed by atoms with van der Waals surface area (Å²) < 4.78 is 10.9. The molecule has 0 atom stereocenters. The van der Waals surface area contributed by atoms with Gasteiger partial charge in [0.05, 0.1) is 18.2 Å². The van der Waals surface area contributed by atoms with Crippen LogP contribution >= 0.6 is 0 Å². The van der Waals surface area contributed by atoms with E-state index in [1.165, 1.54) is 0 Å². The van der Waals surface area contributed by atoms with Gasteiger partial charge in [0, 0.05) is 12.1 Å². The highest BCUT2D eigenvalue weighted by atomic mass is 16.5. The third-order valence-corrected chi connectivity index (χ3v) is 3.39. The van der Waals surface area contributed by atoms with Crippen LogP contribution in [0.2, 0.25) is 0 Å². The Balaban J connectivity index is 1.66. The number of hydrogen-bond donors (Lipinski definition) is 2. The van der Waals surface area contributed by atoms with E-state index in [0.29, 0.717) is 18.0 Å². The molecule has 24 heavy (non-hydrogen) atoms. The minimum Gasteiger partial charge on any atom is -0.472 e. The highest BCUT2D eigenvalue weighted by Crippen LogP contribution is 2.29. The van der Waals surface area contributed by atoms with E-state index in [1.807, 2.05) is 49.4 Å². The molecule has 0 aliphatic rings. The molecule has 0 fully saturated rings. The smallest absolute Gasteiger partial charge is 0.319 e. The van der Waals surface area contributed by atoms with Gasteiger partial charge < -0.3 is 19.8 Å². The Morgan fingerprint density at radius 3 is 2.79 bits per heavy atom. The number of para-hydroxylation sites is 2. The van der Waals surface area contributed by atoms with Crippen LogP contribution in [0.15, 0.2) is 71.5 Å². The summed E-state index contributed by atoms with van der Waals surface area (Å²) in [5, 5.41) is 5.57. The summed E-state index contributed by atoms with van der Waals surface area (Å²) in [6.07, 6.45) is 3.16. The fraction of sp³-hybridized carbons (Fsp3) is 0.105. The van der Waals surface area contributed by atoms with Crippen molar-refractivity contribution in [3.8, 4) is 11.5 Å². The normalized spacial score (nSPS) is 10.2. The van der Waals surface area contributed by atoms with Crippen LogP contribution in [0.5, 0.6) is 11.5 Å². The molecule has 5 nitrogen and oxygen atoms in total. The predicted molar refractivity (Wildman–Crippen MR) is 92.3 cm³/mol. The number of hydrogen-bond acceptors (Lipinski definition) is 3. The number of aryl methyl sites for hydroxylation is 1. The lowest BCUT2D eigenvalue weighted by Crippen LogP contribution is -2.28. The summed E-state index contributed by atoms with van der Waals surface area (Å²) in [7, 11) is 0. The molecule has 2 N–H and O–H groups in total. The molecule has 5 heteroatoms. The van der Waals surface area contributed by atoms with Gasteiger partial charge in [0.15, 0.2) is 5.75 Å². The summed E-state index contributed by atoms with van der Waals surface area (Å²) in [4.78, 5) is 12.1. The first-order valence-electron chi connectivity index (χ1n) is 7.60. The van der Waals surface area contributed by atoms with Gasteiger partial charge in [0.25, 0.3) is 0 Å². The van der Waals surface area contributed by atoms with Crippen molar-refractivity contribution in [1.29, 1.82) is 0 Å². The zero-order valence-electron chi connectivity index (χ0n) is 13.3. The minimum absolute atomic E-state index is 0.309. The standard InChI is InChI=1S/C19H18N2O3/c1-14-5-4-6-16(11-14)24-18-8-3-2-7-17(18)21-19(22)20-12-15-9-10-23-13-15/h2-11,13H,12H2,1H3,(H2,20,21,22). The Hall–Kier alpha value is -3.21. The Kier molecular flexibility index (Phi) is 4.81. The van der Waals surface area contributed by atoms with Crippen molar-refractivity contribution in [3.05, 3.63) is 78.3 Å². The van der Waals surface area contributed by atoms with E-state index in [4.69, 9.17) is 9.15 Å². The van der Waals surface area contributed by atoms with Gasteiger partial charge in [0.1, 0.15) is 5.75 Å². The lowest BCUT2D eigenvalue weighted by Gasteiger charge is -2.13. The van der Waals surface area contributed by atoms with Crippen LogP contribution in [-0.4, -0.2) is 6.03 Å². The Morgan fingerprint density at radius 1 is 1.12 bits per heavy atom. The molecule has 1 heterocycles. The molecular formula is C19H18N2O3. The summed E-state index contributed by atoms with van der Waals surface area (Å²) in [5.74, 6) is 1.31.